The van der Waals surface area contributed by atoms with Crippen LogP contribution in [-0.2, 0) is 0 Å². The molecule has 1 heteroatoms. The monoisotopic (exact) mass is 190 g/mol. The summed E-state index contributed by atoms with van der Waals surface area (Å²) in [6.07, 6.45) is 5.35. The molecule has 0 saturated carbocycles. The number of benzene rings is 1. The fourth-order valence-corrected chi connectivity index (χ4v) is 1.54. The Labute approximate surface area is 85.2 Å². The molecule has 0 aliphatic heterocycles. The van der Waals surface area contributed by atoms with Gasteiger partial charge in [0.2, 0.25) is 0 Å². The van der Waals surface area contributed by atoms with Gasteiger partial charge >= 0.3 is 0 Å². The fraction of sp³-hybridized carbons (Fsp3) is 0.385. The SMILES string of the molecule is C#CC(C)c1cc(F)ccc1C(C)C. The zero-order valence-corrected chi connectivity index (χ0v) is 8.84. The van der Waals surface area contributed by atoms with Crippen LogP contribution in [0.4, 0.5) is 4.39 Å². The van der Waals surface area contributed by atoms with Crippen molar-refractivity contribution < 1.29 is 4.39 Å². The van der Waals surface area contributed by atoms with Crippen LogP contribution in [0.3, 0.4) is 0 Å². The molecular formula is C13H15F. The highest BCUT2D eigenvalue weighted by molar-refractivity contribution is 5.36. The Bertz CT molecular complexity index is 358. The van der Waals surface area contributed by atoms with Gasteiger partial charge in [0.15, 0.2) is 0 Å². The minimum Gasteiger partial charge on any atom is -0.207 e. The van der Waals surface area contributed by atoms with Crippen LogP contribution in [0.1, 0.15) is 43.7 Å². The van der Waals surface area contributed by atoms with E-state index >= 15 is 0 Å². The van der Waals surface area contributed by atoms with E-state index in [2.05, 4.69) is 19.8 Å². The van der Waals surface area contributed by atoms with E-state index in [1.54, 1.807) is 6.07 Å². The van der Waals surface area contributed by atoms with E-state index in [4.69, 9.17) is 6.42 Å². The minimum atomic E-state index is -0.216. The zero-order valence-electron chi connectivity index (χ0n) is 8.84. The highest BCUT2D eigenvalue weighted by atomic mass is 19.1. The molecule has 0 saturated heterocycles. The maximum atomic E-state index is 13.0. The Balaban J connectivity index is 3.24. The van der Waals surface area contributed by atoms with Gasteiger partial charge in [-0.2, -0.15) is 0 Å². The smallest absolute Gasteiger partial charge is 0.123 e. The predicted octanol–water partition coefficient (Wildman–Crippen LogP) is 3.69. The number of halogens is 1. The van der Waals surface area contributed by atoms with Crippen LogP contribution in [0.25, 0.3) is 0 Å². The summed E-state index contributed by atoms with van der Waals surface area (Å²) in [6, 6.07) is 4.85. The van der Waals surface area contributed by atoms with Gasteiger partial charge in [-0.15, -0.1) is 6.42 Å². The number of rotatable bonds is 2. The molecule has 0 amide bonds. The summed E-state index contributed by atoms with van der Waals surface area (Å²) in [6.45, 7) is 6.08. The average Bonchev–Trinajstić information content (AvgIpc) is 2.16. The van der Waals surface area contributed by atoms with E-state index in [1.165, 1.54) is 6.07 Å². The van der Waals surface area contributed by atoms with Crippen LogP contribution in [0.2, 0.25) is 0 Å². The first-order valence-corrected chi connectivity index (χ1v) is 4.81. The summed E-state index contributed by atoms with van der Waals surface area (Å²) in [5.74, 6) is 2.77. The van der Waals surface area contributed by atoms with Crippen molar-refractivity contribution in [2.75, 3.05) is 0 Å². The van der Waals surface area contributed by atoms with Crippen LogP contribution >= 0.6 is 0 Å². The molecule has 0 aromatic heterocycles. The Hall–Kier alpha value is -1.29. The molecule has 1 aromatic carbocycles. The molecule has 0 heterocycles. The molecule has 0 aliphatic carbocycles. The third-order valence-corrected chi connectivity index (χ3v) is 2.39. The first-order valence-electron chi connectivity index (χ1n) is 4.81. The van der Waals surface area contributed by atoms with Gasteiger partial charge in [0, 0.05) is 5.92 Å². The van der Waals surface area contributed by atoms with Crippen LogP contribution in [0.5, 0.6) is 0 Å². The van der Waals surface area contributed by atoms with Crippen LogP contribution in [-0.4, -0.2) is 0 Å². The van der Waals surface area contributed by atoms with Crippen molar-refractivity contribution in [1.82, 2.24) is 0 Å². The van der Waals surface area contributed by atoms with Gasteiger partial charge in [-0.3, -0.25) is 0 Å². The lowest BCUT2D eigenvalue weighted by Gasteiger charge is -2.14. The van der Waals surface area contributed by atoms with Crippen molar-refractivity contribution >= 4 is 0 Å². The number of hydrogen-bond acceptors (Lipinski definition) is 0. The topological polar surface area (TPSA) is 0 Å². The molecule has 74 valence electrons. The molecule has 0 aliphatic rings. The maximum Gasteiger partial charge on any atom is 0.123 e. The second kappa shape index (κ2) is 4.28. The van der Waals surface area contributed by atoms with Crippen molar-refractivity contribution in [3.05, 3.63) is 35.1 Å². The average molecular weight is 190 g/mol. The van der Waals surface area contributed by atoms with Crippen LogP contribution < -0.4 is 0 Å². The molecule has 1 rings (SSSR count). The third kappa shape index (κ3) is 2.14. The lowest BCUT2D eigenvalue weighted by Crippen LogP contribution is -2.00. The molecule has 0 radical (unpaired) electrons. The van der Waals surface area contributed by atoms with Gasteiger partial charge in [0.1, 0.15) is 5.82 Å². The first kappa shape index (κ1) is 10.8. The lowest BCUT2D eigenvalue weighted by atomic mass is 9.90. The third-order valence-electron chi connectivity index (χ3n) is 2.39. The van der Waals surface area contributed by atoms with E-state index < -0.39 is 0 Å². The number of hydrogen-bond donors (Lipinski definition) is 0. The van der Waals surface area contributed by atoms with Gasteiger partial charge in [-0.1, -0.05) is 25.8 Å². The van der Waals surface area contributed by atoms with Crippen molar-refractivity contribution in [3.8, 4) is 12.3 Å². The Morgan fingerprint density at radius 2 is 1.86 bits per heavy atom. The molecule has 0 nitrogen and oxygen atoms in total. The van der Waals surface area contributed by atoms with Gasteiger partial charge in [-0.05, 0) is 36.1 Å². The molecule has 0 N–H and O–H groups in total. The van der Waals surface area contributed by atoms with Gasteiger partial charge < -0.3 is 0 Å². The zero-order chi connectivity index (χ0) is 10.7. The predicted molar refractivity (Wildman–Crippen MR) is 57.7 cm³/mol. The quantitative estimate of drug-likeness (QED) is 0.624. The van der Waals surface area contributed by atoms with E-state index in [0.717, 1.165) is 11.1 Å². The molecule has 1 atom stereocenters. The van der Waals surface area contributed by atoms with Crippen molar-refractivity contribution in [2.24, 2.45) is 0 Å². The first-order chi connectivity index (χ1) is 6.56. The molecule has 0 bridgehead atoms. The van der Waals surface area contributed by atoms with E-state index in [-0.39, 0.29) is 11.7 Å². The summed E-state index contributed by atoms with van der Waals surface area (Å²) in [7, 11) is 0. The summed E-state index contributed by atoms with van der Waals surface area (Å²) < 4.78 is 13.0. The second-order valence-corrected chi connectivity index (χ2v) is 3.82. The Morgan fingerprint density at radius 3 is 2.36 bits per heavy atom. The van der Waals surface area contributed by atoms with Crippen molar-refractivity contribution in [2.45, 2.75) is 32.6 Å². The van der Waals surface area contributed by atoms with Gasteiger partial charge in [0.05, 0.1) is 0 Å². The van der Waals surface area contributed by atoms with Gasteiger partial charge in [-0.25, -0.2) is 4.39 Å². The summed E-state index contributed by atoms with van der Waals surface area (Å²) in [5, 5.41) is 0. The van der Waals surface area contributed by atoms with E-state index in [0.29, 0.717) is 5.92 Å². The molecule has 1 aromatic rings. The minimum absolute atomic E-state index is 0.0249. The molecular weight excluding hydrogens is 175 g/mol. The Kier molecular flexibility index (Phi) is 3.30. The highest BCUT2D eigenvalue weighted by Gasteiger charge is 2.11. The summed E-state index contributed by atoms with van der Waals surface area (Å²) >= 11 is 0. The van der Waals surface area contributed by atoms with Gasteiger partial charge in [0.25, 0.3) is 0 Å². The summed E-state index contributed by atoms with van der Waals surface area (Å²) in [4.78, 5) is 0. The second-order valence-electron chi connectivity index (χ2n) is 3.82. The van der Waals surface area contributed by atoms with Crippen LogP contribution in [0.15, 0.2) is 18.2 Å². The molecule has 1 unspecified atom stereocenters. The Morgan fingerprint density at radius 1 is 1.21 bits per heavy atom. The highest BCUT2D eigenvalue weighted by Crippen LogP contribution is 2.26. The van der Waals surface area contributed by atoms with E-state index in [9.17, 15) is 4.39 Å². The fourth-order valence-electron chi connectivity index (χ4n) is 1.54. The normalized spacial score (nSPS) is 12.6. The lowest BCUT2D eigenvalue weighted by molar-refractivity contribution is 0.622. The molecule has 0 fully saturated rings. The largest absolute Gasteiger partial charge is 0.207 e. The molecule has 14 heavy (non-hydrogen) atoms. The summed E-state index contributed by atoms with van der Waals surface area (Å²) in [5.41, 5.74) is 2.07. The van der Waals surface area contributed by atoms with Crippen LogP contribution in [0, 0.1) is 18.2 Å². The van der Waals surface area contributed by atoms with E-state index in [1.807, 2.05) is 13.0 Å². The maximum absolute atomic E-state index is 13.0. The molecule has 0 spiro atoms. The standard InChI is InChI=1S/C13H15F/c1-5-10(4)13-8-11(14)6-7-12(13)9(2)3/h1,6-10H,2-4H3. The van der Waals surface area contributed by atoms with Crippen molar-refractivity contribution in [1.29, 1.82) is 0 Å². The number of terminal acetylenes is 1. The van der Waals surface area contributed by atoms with Crippen molar-refractivity contribution in [3.63, 3.8) is 0 Å².